The molecular formula is C31H35ClF2N6O3. The zero-order chi connectivity index (χ0) is 30.5. The van der Waals surface area contributed by atoms with Crippen molar-refractivity contribution in [3.63, 3.8) is 0 Å². The minimum absolute atomic E-state index is 0.0111. The fourth-order valence-electron chi connectivity index (χ4n) is 5.66. The smallest absolute Gasteiger partial charge is 0.272 e. The highest BCUT2D eigenvalue weighted by atomic mass is 35.5. The third kappa shape index (κ3) is 6.73. The van der Waals surface area contributed by atoms with E-state index in [1.807, 2.05) is 32.0 Å². The van der Waals surface area contributed by atoms with Gasteiger partial charge in [0.2, 0.25) is 5.88 Å². The van der Waals surface area contributed by atoms with Gasteiger partial charge in [0.05, 0.1) is 23.6 Å². The standard InChI is InChI=1S/C31H35ClF2N6O3/c1-3-21-18-39(31(42)22-8-7-19(32)16-24(22)28(33)34)14-15-40(21)26-10-9-25(23-6-5-12-36-30(23)43-4-2)38-27(26)29(41)37-20-11-13-35-17-20/h5-10,12,16,20-21,28,35H,3-4,11,13-15,17-18H2,1-2H3,(H,37,41)/t20-,21-/m1/s1. The summed E-state index contributed by atoms with van der Waals surface area (Å²) in [6.07, 6.45) is 0.287. The lowest BCUT2D eigenvalue weighted by Gasteiger charge is -2.43. The van der Waals surface area contributed by atoms with E-state index in [1.54, 1.807) is 17.2 Å². The number of benzene rings is 1. The first-order valence-corrected chi connectivity index (χ1v) is 14.9. The second-order valence-corrected chi connectivity index (χ2v) is 11.0. The highest BCUT2D eigenvalue weighted by Gasteiger charge is 2.34. The van der Waals surface area contributed by atoms with Gasteiger partial charge >= 0.3 is 0 Å². The summed E-state index contributed by atoms with van der Waals surface area (Å²) in [5.74, 6) is -0.325. The molecule has 0 saturated carbocycles. The predicted molar refractivity (Wildman–Crippen MR) is 161 cm³/mol. The molecule has 4 heterocycles. The molecular weight excluding hydrogens is 578 g/mol. The fraction of sp³-hybridized carbons (Fsp3) is 0.419. The summed E-state index contributed by atoms with van der Waals surface area (Å²) in [6, 6.07) is 11.1. The maximum atomic E-state index is 13.8. The molecule has 3 aromatic rings. The topological polar surface area (TPSA) is 99.7 Å². The van der Waals surface area contributed by atoms with E-state index < -0.39 is 12.3 Å². The Bertz CT molecular complexity index is 1470. The molecule has 2 amide bonds. The molecule has 2 saturated heterocycles. The molecule has 2 aromatic heterocycles. The first-order chi connectivity index (χ1) is 20.8. The third-order valence-electron chi connectivity index (χ3n) is 7.84. The number of hydrogen-bond acceptors (Lipinski definition) is 7. The largest absolute Gasteiger partial charge is 0.477 e. The molecule has 228 valence electrons. The van der Waals surface area contributed by atoms with Gasteiger partial charge in [0.1, 0.15) is 0 Å². The Morgan fingerprint density at radius 3 is 2.74 bits per heavy atom. The van der Waals surface area contributed by atoms with E-state index in [1.165, 1.54) is 12.1 Å². The average molecular weight is 613 g/mol. The lowest BCUT2D eigenvalue weighted by atomic mass is 10.0. The van der Waals surface area contributed by atoms with Crippen LogP contribution in [0, 0.1) is 0 Å². The zero-order valence-corrected chi connectivity index (χ0v) is 24.9. The van der Waals surface area contributed by atoms with E-state index >= 15 is 0 Å². The number of pyridine rings is 2. The van der Waals surface area contributed by atoms with Gasteiger partial charge < -0.3 is 25.2 Å². The van der Waals surface area contributed by atoms with Gasteiger partial charge in [-0.3, -0.25) is 9.59 Å². The number of anilines is 1. The van der Waals surface area contributed by atoms with Crippen LogP contribution < -0.4 is 20.3 Å². The number of nitrogens with one attached hydrogen (secondary N) is 2. The summed E-state index contributed by atoms with van der Waals surface area (Å²) in [4.78, 5) is 40.0. The summed E-state index contributed by atoms with van der Waals surface area (Å²) in [5.41, 5.74) is 1.71. The van der Waals surface area contributed by atoms with E-state index in [-0.39, 0.29) is 46.4 Å². The van der Waals surface area contributed by atoms with E-state index in [4.69, 9.17) is 21.3 Å². The van der Waals surface area contributed by atoms with Crippen molar-refractivity contribution >= 4 is 29.1 Å². The summed E-state index contributed by atoms with van der Waals surface area (Å²) in [6.45, 7) is 6.79. The van der Waals surface area contributed by atoms with Gasteiger partial charge in [0.15, 0.2) is 5.69 Å². The molecule has 2 N–H and O–H groups in total. The molecule has 43 heavy (non-hydrogen) atoms. The van der Waals surface area contributed by atoms with Crippen molar-refractivity contribution in [2.75, 3.05) is 44.2 Å². The number of ether oxygens (including phenoxy) is 1. The lowest BCUT2D eigenvalue weighted by molar-refractivity contribution is 0.0708. The summed E-state index contributed by atoms with van der Waals surface area (Å²) >= 11 is 5.93. The third-order valence-corrected chi connectivity index (χ3v) is 8.08. The highest BCUT2D eigenvalue weighted by Crippen LogP contribution is 2.33. The van der Waals surface area contributed by atoms with Gasteiger partial charge in [0.25, 0.3) is 18.2 Å². The summed E-state index contributed by atoms with van der Waals surface area (Å²) in [7, 11) is 0. The van der Waals surface area contributed by atoms with Gasteiger partial charge in [-0.15, -0.1) is 0 Å². The van der Waals surface area contributed by atoms with E-state index in [0.717, 1.165) is 19.0 Å². The molecule has 2 atom stereocenters. The van der Waals surface area contributed by atoms with Crippen LogP contribution in [0.5, 0.6) is 5.88 Å². The molecule has 0 bridgehead atoms. The Hall–Kier alpha value is -3.83. The Balaban J connectivity index is 1.46. The van der Waals surface area contributed by atoms with Crippen LogP contribution in [-0.4, -0.2) is 78.1 Å². The summed E-state index contributed by atoms with van der Waals surface area (Å²) < 4.78 is 33.2. The molecule has 2 aliphatic heterocycles. The molecule has 0 radical (unpaired) electrons. The van der Waals surface area contributed by atoms with Crippen LogP contribution in [0.1, 0.15) is 59.5 Å². The maximum Gasteiger partial charge on any atom is 0.272 e. The maximum absolute atomic E-state index is 13.8. The molecule has 0 aliphatic carbocycles. The fourth-order valence-corrected chi connectivity index (χ4v) is 5.84. The number of aromatic nitrogens is 2. The number of carbonyl (C=O) groups excluding carboxylic acids is 2. The van der Waals surface area contributed by atoms with E-state index in [2.05, 4.69) is 20.5 Å². The monoisotopic (exact) mass is 612 g/mol. The average Bonchev–Trinajstić information content (AvgIpc) is 3.53. The van der Waals surface area contributed by atoms with Crippen LogP contribution in [0.15, 0.2) is 48.7 Å². The van der Waals surface area contributed by atoms with Crippen LogP contribution in [0.2, 0.25) is 5.02 Å². The van der Waals surface area contributed by atoms with Crippen LogP contribution in [0.25, 0.3) is 11.3 Å². The first kappa shape index (κ1) is 30.6. The zero-order valence-electron chi connectivity index (χ0n) is 24.2. The number of amides is 2. The van der Waals surface area contributed by atoms with Crippen molar-refractivity contribution in [1.82, 2.24) is 25.5 Å². The molecule has 12 heteroatoms. The molecule has 0 spiro atoms. The molecule has 9 nitrogen and oxygen atoms in total. The first-order valence-electron chi connectivity index (χ1n) is 14.5. The predicted octanol–water partition coefficient (Wildman–Crippen LogP) is 4.97. The van der Waals surface area contributed by atoms with Gasteiger partial charge in [0, 0.05) is 60.6 Å². The number of nitrogens with zero attached hydrogens (tertiary/aromatic N) is 4. The normalized spacial score (nSPS) is 18.7. The SMILES string of the molecule is CCOc1ncccc1-c1ccc(N2CCN(C(=O)c3ccc(Cl)cc3C(F)F)C[C@H]2CC)c(C(=O)N[C@@H]2CCNC2)n1. The number of carbonyl (C=O) groups is 2. The second-order valence-electron chi connectivity index (χ2n) is 10.6. The molecule has 2 fully saturated rings. The van der Waals surface area contributed by atoms with Crippen LogP contribution in [0.3, 0.4) is 0 Å². The van der Waals surface area contributed by atoms with E-state index in [9.17, 15) is 18.4 Å². The van der Waals surface area contributed by atoms with Crippen molar-refractivity contribution in [2.45, 2.75) is 45.2 Å². The van der Waals surface area contributed by atoms with Gasteiger partial charge in [-0.05, 0) is 68.8 Å². The van der Waals surface area contributed by atoms with E-state index in [0.29, 0.717) is 55.5 Å². The van der Waals surface area contributed by atoms with Gasteiger partial charge in [-0.2, -0.15) is 0 Å². The summed E-state index contributed by atoms with van der Waals surface area (Å²) in [5, 5.41) is 6.53. The van der Waals surface area contributed by atoms with Crippen molar-refractivity contribution in [3.8, 4) is 17.1 Å². The minimum Gasteiger partial charge on any atom is -0.477 e. The van der Waals surface area contributed by atoms with Crippen LogP contribution in [-0.2, 0) is 0 Å². The van der Waals surface area contributed by atoms with Gasteiger partial charge in [-0.1, -0.05) is 18.5 Å². The molecule has 0 unspecified atom stereocenters. The quantitative estimate of drug-likeness (QED) is 0.352. The van der Waals surface area contributed by atoms with Crippen molar-refractivity contribution in [2.24, 2.45) is 0 Å². The van der Waals surface area contributed by atoms with Crippen molar-refractivity contribution < 1.29 is 23.1 Å². The van der Waals surface area contributed by atoms with Crippen molar-refractivity contribution in [3.05, 3.63) is 70.5 Å². The number of hydrogen-bond donors (Lipinski definition) is 2. The van der Waals surface area contributed by atoms with Crippen LogP contribution in [0.4, 0.5) is 14.5 Å². The Labute approximate surface area is 254 Å². The Morgan fingerprint density at radius 2 is 2.02 bits per heavy atom. The Kier molecular flexibility index (Phi) is 9.72. The van der Waals surface area contributed by atoms with Gasteiger partial charge in [-0.25, -0.2) is 18.7 Å². The number of alkyl halides is 2. The van der Waals surface area contributed by atoms with Crippen molar-refractivity contribution in [1.29, 1.82) is 0 Å². The second kappa shape index (κ2) is 13.6. The highest BCUT2D eigenvalue weighted by molar-refractivity contribution is 6.30. The molecule has 5 rings (SSSR count). The number of rotatable bonds is 9. The molecule has 2 aliphatic rings. The minimum atomic E-state index is -2.83. The number of halogens is 3. The molecule has 1 aromatic carbocycles. The Morgan fingerprint density at radius 1 is 1.19 bits per heavy atom. The van der Waals surface area contributed by atoms with Crippen LogP contribution >= 0.6 is 11.6 Å². The number of piperazine rings is 1. The lowest BCUT2D eigenvalue weighted by Crippen LogP contribution is -2.55.